The number of halogens is 8. The first-order chi connectivity index (χ1) is 17.5. The Morgan fingerprint density at radius 1 is 0.947 bits per heavy atom. The smallest absolute Gasteiger partial charge is 0.339 e. The number of carbonyl (C=O) groups excluding carboxylic acids is 2. The second kappa shape index (κ2) is 11.2. The van der Waals surface area contributed by atoms with Crippen molar-refractivity contribution in [3.63, 3.8) is 0 Å². The molecule has 2 aromatic rings. The van der Waals surface area contributed by atoms with Crippen LogP contribution in [0, 0.1) is 5.92 Å². The quantitative estimate of drug-likeness (QED) is 0.364. The van der Waals surface area contributed by atoms with E-state index in [1.807, 2.05) is 0 Å². The summed E-state index contributed by atoms with van der Waals surface area (Å²) in [5.74, 6) is -0.450. The third-order valence-electron chi connectivity index (χ3n) is 6.24. The van der Waals surface area contributed by atoms with Crippen molar-refractivity contribution in [3.8, 4) is 0 Å². The van der Waals surface area contributed by atoms with Crippen LogP contribution in [-0.4, -0.2) is 54.5 Å². The van der Waals surface area contributed by atoms with E-state index in [1.54, 1.807) is 36.9 Å². The highest BCUT2D eigenvalue weighted by Gasteiger charge is 2.39. The number of hydrogen-bond donors (Lipinski definition) is 0. The average molecular weight is 584 g/mol. The van der Waals surface area contributed by atoms with E-state index >= 15 is 0 Å². The van der Waals surface area contributed by atoms with Gasteiger partial charge in [0, 0.05) is 38.3 Å². The summed E-state index contributed by atoms with van der Waals surface area (Å²) in [6.45, 7) is 3.76. The molecule has 13 heteroatoms. The maximum atomic E-state index is 13.5. The molecule has 1 atom stereocenters. The zero-order valence-electron chi connectivity index (χ0n) is 20.6. The molecule has 1 fully saturated rings. The van der Waals surface area contributed by atoms with Crippen molar-refractivity contribution >= 4 is 40.8 Å². The predicted octanol–water partition coefficient (Wildman–Crippen LogP) is 7.00. The van der Waals surface area contributed by atoms with E-state index in [1.165, 1.54) is 4.90 Å². The molecule has 3 amide bonds. The summed E-state index contributed by atoms with van der Waals surface area (Å²) in [4.78, 5) is 29.8. The van der Waals surface area contributed by atoms with Crippen molar-refractivity contribution in [1.29, 1.82) is 0 Å². The van der Waals surface area contributed by atoms with Gasteiger partial charge < -0.3 is 9.80 Å². The maximum absolute atomic E-state index is 13.5. The van der Waals surface area contributed by atoms with E-state index in [-0.39, 0.29) is 49.0 Å². The number of nitrogens with zero attached hydrogens (tertiary/aromatic N) is 3. The molecule has 0 spiro atoms. The second-order valence-electron chi connectivity index (χ2n) is 9.34. The van der Waals surface area contributed by atoms with Gasteiger partial charge in [0.25, 0.3) is 0 Å². The summed E-state index contributed by atoms with van der Waals surface area (Å²) >= 11 is 12.1. The molecule has 1 aliphatic rings. The molecule has 38 heavy (non-hydrogen) atoms. The highest BCUT2D eigenvalue weighted by molar-refractivity contribution is 6.42. The number of urea groups is 1. The summed E-state index contributed by atoms with van der Waals surface area (Å²) in [5, 5.41) is 0.585. The first-order valence-electron chi connectivity index (χ1n) is 11.6. The van der Waals surface area contributed by atoms with Crippen LogP contribution in [0.2, 0.25) is 10.0 Å². The van der Waals surface area contributed by atoms with E-state index in [2.05, 4.69) is 0 Å². The van der Waals surface area contributed by atoms with Crippen molar-refractivity contribution < 1.29 is 35.9 Å². The van der Waals surface area contributed by atoms with Crippen LogP contribution in [0.4, 0.5) is 36.8 Å². The molecule has 0 aromatic heterocycles. The SMILES string of the molecule is CC(C)C(=O)N1CCN(C(=O)N(C)c2cc(C(F)(F)F)cc(C(F)(F)F)c2)[C@H](Cc2ccc(Cl)c(Cl)c2)C1. The average Bonchev–Trinajstić information content (AvgIpc) is 2.83. The molecule has 208 valence electrons. The van der Waals surface area contributed by atoms with E-state index in [9.17, 15) is 35.9 Å². The first kappa shape index (κ1) is 29.9. The Bertz CT molecular complexity index is 1170. The number of carbonyl (C=O) groups is 2. The summed E-state index contributed by atoms with van der Waals surface area (Å²) < 4.78 is 80.2. The van der Waals surface area contributed by atoms with Crippen molar-refractivity contribution in [2.24, 2.45) is 5.92 Å². The number of anilines is 1. The molecule has 1 saturated heterocycles. The number of amides is 3. The molecule has 0 bridgehead atoms. The predicted molar refractivity (Wildman–Crippen MR) is 132 cm³/mol. The monoisotopic (exact) mass is 583 g/mol. The van der Waals surface area contributed by atoms with Gasteiger partial charge in [-0.25, -0.2) is 4.79 Å². The van der Waals surface area contributed by atoms with Crippen LogP contribution in [-0.2, 0) is 23.6 Å². The minimum atomic E-state index is -5.06. The van der Waals surface area contributed by atoms with Crippen molar-refractivity contribution in [2.45, 2.75) is 38.7 Å². The number of rotatable bonds is 4. The number of alkyl halides is 6. The Morgan fingerprint density at radius 3 is 2.03 bits per heavy atom. The zero-order chi connectivity index (χ0) is 28.6. The van der Waals surface area contributed by atoms with E-state index < -0.39 is 41.2 Å². The van der Waals surface area contributed by atoms with Crippen LogP contribution in [0.5, 0.6) is 0 Å². The van der Waals surface area contributed by atoms with E-state index in [0.717, 1.165) is 11.9 Å². The molecule has 2 aromatic carbocycles. The van der Waals surface area contributed by atoms with Gasteiger partial charge in [-0.2, -0.15) is 26.3 Å². The highest BCUT2D eigenvalue weighted by Crippen LogP contribution is 2.38. The maximum Gasteiger partial charge on any atom is 0.416 e. The van der Waals surface area contributed by atoms with Gasteiger partial charge in [0.1, 0.15) is 0 Å². The van der Waals surface area contributed by atoms with E-state index in [4.69, 9.17) is 23.2 Å². The molecule has 1 aliphatic heterocycles. The number of piperazine rings is 1. The molecule has 0 unspecified atom stereocenters. The Labute approximate surface area is 225 Å². The van der Waals surface area contributed by atoms with Crippen LogP contribution in [0.25, 0.3) is 0 Å². The lowest BCUT2D eigenvalue weighted by Gasteiger charge is -2.43. The molecule has 5 nitrogen and oxygen atoms in total. The molecular weight excluding hydrogens is 559 g/mol. The molecule has 0 saturated carbocycles. The van der Waals surface area contributed by atoms with Crippen LogP contribution < -0.4 is 4.90 Å². The van der Waals surface area contributed by atoms with Crippen LogP contribution in [0.3, 0.4) is 0 Å². The number of benzene rings is 2. The Kier molecular flexibility index (Phi) is 8.82. The van der Waals surface area contributed by atoms with Crippen LogP contribution in [0.1, 0.15) is 30.5 Å². The van der Waals surface area contributed by atoms with Gasteiger partial charge in [0.15, 0.2) is 0 Å². The van der Waals surface area contributed by atoms with Crippen LogP contribution >= 0.6 is 23.2 Å². The van der Waals surface area contributed by atoms with Crippen molar-refractivity contribution in [1.82, 2.24) is 9.80 Å². The van der Waals surface area contributed by atoms with Crippen LogP contribution in [0.15, 0.2) is 36.4 Å². The highest BCUT2D eigenvalue weighted by atomic mass is 35.5. The van der Waals surface area contributed by atoms with E-state index in [0.29, 0.717) is 22.7 Å². The molecule has 3 rings (SSSR count). The fourth-order valence-corrected chi connectivity index (χ4v) is 4.54. The molecule has 0 radical (unpaired) electrons. The molecular formula is C25H25Cl2F6N3O2. The summed E-state index contributed by atoms with van der Waals surface area (Å²) in [7, 11) is 1.11. The fourth-order valence-electron chi connectivity index (χ4n) is 4.22. The van der Waals surface area contributed by atoms with Gasteiger partial charge in [-0.3, -0.25) is 9.69 Å². The Morgan fingerprint density at radius 2 is 1.53 bits per heavy atom. The standard InChI is InChI=1S/C25H25Cl2F6N3O2/c1-14(2)22(37)35-6-7-36(19(13-35)8-15-4-5-20(26)21(27)9-15)23(38)34(3)18-11-16(24(28,29)30)10-17(12-18)25(31,32)33/h4-5,9-12,14,19H,6-8,13H2,1-3H3/t19-/m1/s1. The zero-order valence-corrected chi connectivity index (χ0v) is 22.1. The van der Waals surface area contributed by atoms with Gasteiger partial charge in [-0.05, 0) is 42.3 Å². The lowest BCUT2D eigenvalue weighted by atomic mass is 10.0. The second-order valence-corrected chi connectivity index (χ2v) is 10.2. The lowest BCUT2D eigenvalue weighted by Crippen LogP contribution is -2.60. The Hall–Kier alpha value is -2.66. The largest absolute Gasteiger partial charge is 0.416 e. The summed E-state index contributed by atoms with van der Waals surface area (Å²) in [6, 6.07) is 4.42. The van der Waals surface area contributed by atoms with Crippen molar-refractivity contribution in [2.75, 3.05) is 31.6 Å². The third kappa shape index (κ3) is 6.85. The van der Waals surface area contributed by atoms with Gasteiger partial charge in [-0.15, -0.1) is 0 Å². The topological polar surface area (TPSA) is 43.9 Å². The molecule has 0 N–H and O–H groups in total. The number of hydrogen-bond acceptors (Lipinski definition) is 2. The minimum absolute atomic E-state index is 0.00515. The fraction of sp³-hybridized carbons (Fsp3) is 0.440. The molecule has 1 heterocycles. The molecule has 0 aliphatic carbocycles. The van der Waals surface area contributed by atoms with Gasteiger partial charge in [0.05, 0.1) is 27.2 Å². The lowest BCUT2D eigenvalue weighted by molar-refractivity contribution is -0.143. The van der Waals surface area contributed by atoms with Gasteiger partial charge in [0.2, 0.25) is 5.91 Å². The van der Waals surface area contributed by atoms with Crippen molar-refractivity contribution in [3.05, 3.63) is 63.1 Å². The first-order valence-corrected chi connectivity index (χ1v) is 12.3. The normalized spacial score (nSPS) is 16.7. The summed E-state index contributed by atoms with van der Waals surface area (Å²) in [5.41, 5.74) is -2.93. The summed E-state index contributed by atoms with van der Waals surface area (Å²) in [6.07, 6.45) is -9.90. The van der Waals surface area contributed by atoms with Gasteiger partial charge >= 0.3 is 18.4 Å². The Balaban J connectivity index is 1.97. The third-order valence-corrected chi connectivity index (χ3v) is 6.98. The minimum Gasteiger partial charge on any atom is -0.339 e. The van der Waals surface area contributed by atoms with Gasteiger partial charge in [-0.1, -0.05) is 43.1 Å².